The first kappa shape index (κ1) is 19.3. The molecule has 1 aliphatic heterocycles. The van der Waals surface area contributed by atoms with Gasteiger partial charge in [-0.1, -0.05) is 25.0 Å². The normalized spacial score (nSPS) is 21.5. The molecule has 2 atom stereocenters. The molecule has 2 fully saturated rings. The van der Waals surface area contributed by atoms with Gasteiger partial charge in [-0.15, -0.1) is 0 Å². The monoisotopic (exact) mass is 396 g/mol. The fraction of sp³-hybridized carbons (Fsp3) is 0.476. The van der Waals surface area contributed by atoms with Gasteiger partial charge in [0.2, 0.25) is 5.43 Å². The number of nitro benzene ring substituents is 1. The maximum Gasteiger partial charge on any atom is 0.294 e. The van der Waals surface area contributed by atoms with Crippen LogP contribution in [0.5, 0.6) is 0 Å². The number of hydrogen-bond donors (Lipinski definition) is 0. The number of aryl methyl sites for hydroxylation is 1. The molecule has 1 saturated carbocycles. The second kappa shape index (κ2) is 7.77. The Kier molecular flexibility index (Phi) is 5.17. The topological polar surface area (TPSA) is 98.3 Å². The Morgan fingerprint density at radius 1 is 1.17 bits per heavy atom. The summed E-state index contributed by atoms with van der Waals surface area (Å²) in [5, 5.41) is 15.7. The Hall–Kier alpha value is -3.03. The number of rotatable bonds is 3. The molecule has 8 heteroatoms. The highest BCUT2D eigenvalue weighted by atomic mass is 16.6. The maximum atomic E-state index is 13.3. The van der Waals surface area contributed by atoms with Crippen molar-refractivity contribution in [1.82, 2.24) is 14.7 Å². The van der Waals surface area contributed by atoms with Gasteiger partial charge >= 0.3 is 0 Å². The lowest BCUT2D eigenvalue weighted by atomic mass is 9.78. The van der Waals surface area contributed by atoms with Crippen LogP contribution in [0, 0.1) is 23.0 Å². The van der Waals surface area contributed by atoms with E-state index in [2.05, 4.69) is 5.10 Å². The van der Waals surface area contributed by atoms with Crippen LogP contribution in [-0.4, -0.2) is 38.1 Å². The largest absolute Gasteiger partial charge is 0.334 e. The van der Waals surface area contributed by atoms with Crippen LogP contribution in [0.1, 0.15) is 54.7 Å². The standard InChI is InChI=1S/C21H24N4O4/c1-14-13-19(26)20(22-24(14)17-10-4-5-11-18(17)25(28)29)21(27)23-12-6-8-15-7-2-3-9-16(15)23/h4-5,10-11,13,15-16H,2-3,6-9,12H2,1H3. The number of aromatic nitrogens is 2. The van der Waals surface area contributed by atoms with Gasteiger partial charge in [-0.2, -0.15) is 5.10 Å². The molecule has 0 bridgehead atoms. The summed E-state index contributed by atoms with van der Waals surface area (Å²) in [4.78, 5) is 38.7. The van der Waals surface area contributed by atoms with Crippen molar-refractivity contribution >= 4 is 11.6 Å². The van der Waals surface area contributed by atoms with E-state index in [0.717, 1.165) is 32.1 Å². The molecular formula is C21H24N4O4. The summed E-state index contributed by atoms with van der Waals surface area (Å²) >= 11 is 0. The Morgan fingerprint density at radius 3 is 2.69 bits per heavy atom. The van der Waals surface area contributed by atoms with E-state index in [1.807, 2.05) is 4.90 Å². The van der Waals surface area contributed by atoms with Gasteiger partial charge in [-0.05, 0) is 44.6 Å². The number of fused-ring (bicyclic) bond motifs is 1. The van der Waals surface area contributed by atoms with Crippen LogP contribution in [-0.2, 0) is 0 Å². The lowest BCUT2D eigenvalue weighted by Gasteiger charge is -2.43. The van der Waals surface area contributed by atoms with Crippen molar-refractivity contribution in [3.05, 3.63) is 62.1 Å². The number of likely N-dealkylation sites (tertiary alicyclic amines) is 1. The van der Waals surface area contributed by atoms with Crippen LogP contribution in [0.3, 0.4) is 0 Å². The van der Waals surface area contributed by atoms with Gasteiger partial charge in [0.1, 0.15) is 5.69 Å². The third kappa shape index (κ3) is 3.54. The van der Waals surface area contributed by atoms with Crippen LogP contribution < -0.4 is 5.43 Å². The second-order valence-corrected chi connectivity index (χ2v) is 7.91. The Labute approximate surface area is 168 Å². The average molecular weight is 396 g/mol. The zero-order chi connectivity index (χ0) is 20.5. The molecule has 4 rings (SSSR count). The van der Waals surface area contributed by atoms with Crippen molar-refractivity contribution in [2.24, 2.45) is 5.92 Å². The number of piperidine rings is 1. The molecular weight excluding hydrogens is 372 g/mol. The molecule has 2 aliphatic rings. The summed E-state index contributed by atoms with van der Waals surface area (Å²) in [7, 11) is 0. The minimum Gasteiger partial charge on any atom is -0.334 e. The van der Waals surface area contributed by atoms with E-state index in [1.54, 1.807) is 25.1 Å². The Balaban J connectivity index is 1.76. The molecule has 1 saturated heterocycles. The number of benzene rings is 1. The third-order valence-electron chi connectivity index (χ3n) is 6.12. The highest BCUT2D eigenvalue weighted by Crippen LogP contribution is 2.35. The van der Waals surface area contributed by atoms with Crippen molar-refractivity contribution in [3.8, 4) is 5.69 Å². The van der Waals surface area contributed by atoms with Gasteiger partial charge in [-0.25, -0.2) is 4.68 Å². The highest BCUT2D eigenvalue weighted by Gasteiger charge is 2.37. The summed E-state index contributed by atoms with van der Waals surface area (Å²) in [5.41, 5.74) is -0.0658. The number of carbonyl (C=O) groups excluding carboxylic acids is 1. The summed E-state index contributed by atoms with van der Waals surface area (Å²) in [6.45, 7) is 2.28. The predicted molar refractivity (Wildman–Crippen MR) is 107 cm³/mol. The number of amides is 1. The van der Waals surface area contributed by atoms with Gasteiger partial charge in [0.05, 0.1) is 4.92 Å². The van der Waals surface area contributed by atoms with Crippen molar-refractivity contribution in [1.29, 1.82) is 0 Å². The molecule has 0 N–H and O–H groups in total. The SMILES string of the molecule is Cc1cc(=O)c(C(=O)N2CCCC3CCCCC32)nn1-c1ccccc1[N+](=O)[O-]. The zero-order valence-corrected chi connectivity index (χ0v) is 16.4. The molecule has 2 unspecified atom stereocenters. The average Bonchev–Trinajstić information content (AvgIpc) is 2.73. The number of para-hydroxylation sites is 2. The van der Waals surface area contributed by atoms with Crippen LogP contribution in [0.25, 0.3) is 5.69 Å². The smallest absolute Gasteiger partial charge is 0.294 e. The maximum absolute atomic E-state index is 13.3. The van der Waals surface area contributed by atoms with E-state index < -0.39 is 10.4 Å². The fourth-order valence-electron chi connectivity index (χ4n) is 4.75. The van der Waals surface area contributed by atoms with E-state index in [0.29, 0.717) is 18.2 Å². The molecule has 1 aromatic carbocycles. The van der Waals surface area contributed by atoms with Gasteiger partial charge < -0.3 is 4.90 Å². The van der Waals surface area contributed by atoms with Crippen molar-refractivity contribution in [2.45, 2.75) is 51.5 Å². The van der Waals surface area contributed by atoms with Crippen LogP contribution in [0.15, 0.2) is 35.1 Å². The van der Waals surface area contributed by atoms with E-state index in [9.17, 15) is 19.7 Å². The fourth-order valence-corrected chi connectivity index (χ4v) is 4.75. The molecule has 1 aromatic heterocycles. The predicted octanol–water partition coefficient (Wildman–Crippen LogP) is 3.24. The van der Waals surface area contributed by atoms with Crippen molar-refractivity contribution in [3.63, 3.8) is 0 Å². The first-order chi connectivity index (χ1) is 14.0. The van der Waals surface area contributed by atoms with Gasteiger partial charge in [-0.3, -0.25) is 19.7 Å². The van der Waals surface area contributed by atoms with Crippen molar-refractivity contribution < 1.29 is 9.72 Å². The number of hydrogen-bond acceptors (Lipinski definition) is 5. The molecule has 2 heterocycles. The summed E-state index contributed by atoms with van der Waals surface area (Å²) in [6.07, 6.45) is 6.41. The molecule has 1 amide bonds. The lowest BCUT2D eigenvalue weighted by molar-refractivity contribution is -0.384. The summed E-state index contributed by atoms with van der Waals surface area (Å²) in [5.74, 6) is 0.128. The molecule has 152 valence electrons. The first-order valence-electron chi connectivity index (χ1n) is 10.1. The number of nitrogens with zero attached hydrogens (tertiary/aromatic N) is 4. The lowest BCUT2D eigenvalue weighted by Crippen LogP contribution is -2.51. The van der Waals surface area contributed by atoms with E-state index in [4.69, 9.17) is 0 Å². The summed E-state index contributed by atoms with van der Waals surface area (Å²) in [6, 6.07) is 7.68. The van der Waals surface area contributed by atoms with Crippen LogP contribution >= 0.6 is 0 Å². The zero-order valence-electron chi connectivity index (χ0n) is 16.4. The molecule has 2 aromatic rings. The summed E-state index contributed by atoms with van der Waals surface area (Å²) < 4.78 is 1.33. The highest BCUT2D eigenvalue weighted by molar-refractivity contribution is 5.92. The molecule has 0 spiro atoms. The van der Waals surface area contributed by atoms with Crippen LogP contribution in [0.2, 0.25) is 0 Å². The minimum atomic E-state index is -0.493. The van der Waals surface area contributed by atoms with Gasteiger partial charge in [0.25, 0.3) is 11.6 Å². The number of carbonyl (C=O) groups is 1. The molecule has 8 nitrogen and oxygen atoms in total. The second-order valence-electron chi connectivity index (χ2n) is 7.91. The van der Waals surface area contributed by atoms with Crippen molar-refractivity contribution in [2.75, 3.05) is 6.54 Å². The van der Waals surface area contributed by atoms with E-state index in [1.165, 1.54) is 23.2 Å². The first-order valence-corrected chi connectivity index (χ1v) is 10.1. The Bertz CT molecular complexity index is 1010. The van der Waals surface area contributed by atoms with E-state index >= 15 is 0 Å². The van der Waals surface area contributed by atoms with Gasteiger partial charge in [0.15, 0.2) is 5.69 Å². The number of nitro groups is 1. The minimum absolute atomic E-state index is 0.129. The third-order valence-corrected chi connectivity index (χ3v) is 6.12. The Morgan fingerprint density at radius 2 is 1.90 bits per heavy atom. The molecule has 29 heavy (non-hydrogen) atoms. The molecule has 0 radical (unpaired) electrons. The quantitative estimate of drug-likeness (QED) is 0.586. The van der Waals surface area contributed by atoms with E-state index in [-0.39, 0.29) is 29.0 Å². The van der Waals surface area contributed by atoms with Crippen LogP contribution in [0.4, 0.5) is 5.69 Å². The van der Waals surface area contributed by atoms with Gasteiger partial charge in [0, 0.05) is 30.4 Å². The molecule has 1 aliphatic carbocycles.